The van der Waals surface area contributed by atoms with Crippen molar-refractivity contribution >= 4 is 11.9 Å². The third kappa shape index (κ3) is 6.02. The van der Waals surface area contributed by atoms with E-state index in [-0.39, 0.29) is 18.6 Å². The van der Waals surface area contributed by atoms with Crippen molar-refractivity contribution < 1.29 is 19.4 Å². The van der Waals surface area contributed by atoms with Crippen LogP contribution in [0.15, 0.2) is 0 Å². The molecular formula is C13H24N2O4. The maximum atomic E-state index is 11.9. The fraction of sp³-hybridized carbons (Fsp3) is 0.846. The second-order valence-corrected chi connectivity index (χ2v) is 4.98. The Morgan fingerprint density at radius 2 is 2.05 bits per heavy atom. The smallest absolute Gasteiger partial charge is 0.329 e. The lowest BCUT2D eigenvalue weighted by Gasteiger charge is -2.32. The number of likely N-dealkylation sites (tertiary alicyclic amines) is 1. The van der Waals surface area contributed by atoms with Crippen molar-refractivity contribution in [1.82, 2.24) is 10.2 Å². The largest absolute Gasteiger partial charge is 0.480 e. The molecule has 6 nitrogen and oxygen atoms in total. The molecule has 19 heavy (non-hydrogen) atoms. The van der Waals surface area contributed by atoms with Gasteiger partial charge in [-0.3, -0.25) is 4.79 Å². The molecule has 0 aromatic heterocycles. The molecule has 0 spiro atoms. The summed E-state index contributed by atoms with van der Waals surface area (Å²) in [6.07, 6.45) is 2.38. The van der Waals surface area contributed by atoms with Gasteiger partial charge in [0, 0.05) is 19.1 Å². The van der Waals surface area contributed by atoms with Crippen molar-refractivity contribution in [3.8, 4) is 0 Å². The fourth-order valence-corrected chi connectivity index (χ4v) is 1.98. The monoisotopic (exact) mass is 272 g/mol. The van der Waals surface area contributed by atoms with Crippen LogP contribution in [0.4, 0.5) is 0 Å². The summed E-state index contributed by atoms with van der Waals surface area (Å²) >= 11 is 0. The summed E-state index contributed by atoms with van der Waals surface area (Å²) in [5.74, 6) is -0.840. The minimum atomic E-state index is -0.948. The number of carbonyl (C=O) groups excluding carboxylic acids is 1. The summed E-state index contributed by atoms with van der Waals surface area (Å²) in [5, 5.41) is 11.7. The molecule has 0 saturated carbocycles. The van der Waals surface area contributed by atoms with E-state index in [4.69, 9.17) is 9.84 Å². The molecular weight excluding hydrogens is 248 g/mol. The molecule has 0 aromatic carbocycles. The molecule has 0 radical (unpaired) electrons. The predicted octanol–water partition coefficient (Wildman–Crippen LogP) is 0.467. The van der Waals surface area contributed by atoms with Crippen LogP contribution in [-0.4, -0.2) is 60.3 Å². The van der Waals surface area contributed by atoms with Gasteiger partial charge in [-0.15, -0.1) is 0 Å². The van der Waals surface area contributed by atoms with Crippen LogP contribution < -0.4 is 5.32 Å². The Morgan fingerprint density at radius 1 is 1.42 bits per heavy atom. The molecule has 0 aromatic rings. The fourth-order valence-electron chi connectivity index (χ4n) is 1.98. The van der Waals surface area contributed by atoms with E-state index in [9.17, 15) is 9.59 Å². The van der Waals surface area contributed by atoms with Gasteiger partial charge in [-0.2, -0.15) is 0 Å². The van der Waals surface area contributed by atoms with Crippen LogP contribution in [0.2, 0.25) is 0 Å². The number of hydrogen-bond acceptors (Lipinski definition) is 4. The highest BCUT2D eigenvalue weighted by atomic mass is 16.5. The lowest BCUT2D eigenvalue weighted by Crippen LogP contribution is -2.46. The number of amides is 1. The molecule has 6 heteroatoms. The van der Waals surface area contributed by atoms with Crippen molar-refractivity contribution in [2.24, 2.45) is 0 Å². The minimum absolute atomic E-state index is 0.0392. The number of aliphatic carboxylic acids is 1. The van der Waals surface area contributed by atoms with Crippen molar-refractivity contribution in [2.45, 2.75) is 45.3 Å². The maximum Gasteiger partial charge on any atom is 0.329 e. The highest BCUT2D eigenvalue weighted by Crippen LogP contribution is 2.13. The lowest BCUT2D eigenvalue weighted by molar-refractivity contribution is -0.146. The third-order valence-corrected chi connectivity index (χ3v) is 3.45. The van der Waals surface area contributed by atoms with Gasteiger partial charge in [-0.25, -0.2) is 4.79 Å². The van der Waals surface area contributed by atoms with E-state index in [0.29, 0.717) is 38.5 Å². The number of hydrogen-bond donors (Lipinski definition) is 2. The maximum absolute atomic E-state index is 11.9. The quantitative estimate of drug-likeness (QED) is 0.704. The van der Waals surface area contributed by atoms with Crippen LogP contribution >= 0.6 is 0 Å². The molecule has 1 aliphatic rings. The molecule has 1 atom stereocenters. The molecule has 1 rings (SSSR count). The van der Waals surface area contributed by atoms with Gasteiger partial charge in [0.1, 0.15) is 6.61 Å². The molecule has 0 bridgehead atoms. The van der Waals surface area contributed by atoms with Crippen LogP contribution in [-0.2, 0) is 14.3 Å². The Balaban J connectivity index is 2.21. The Hall–Kier alpha value is -1.14. The van der Waals surface area contributed by atoms with Crippen LogP contribution in [0.5, 0.6) is 0 Å². The van der Waals surface area contributed by atoms with E-state index < -0.39 is 5.97 Å². The number of carbonyl (C=O) groups is 2. The summed E-state index contributed by atoms with van der Waals surface area (Å²) in [6, 6.07) is 0.348. The highest BCUT2D eigenvalue weighted by molar-refractivity contribution is 5.78. The van der Waals surface area contributed by atoms with E-state index in [1.165, 1.54) is 0 Å². The molecule has 1 aliphatic heterocycles. The highest BCUT2D eigenvalue weighted by Gasteiger charge is 2.23. The molecule has 1 saturated heterocycles. The molecule has 1 amide bonds. The van der Waals surface area contributed by atoms with Crippen LogP contribution in [0, 0.1) is 0 Å². The van der Waals surface area contributed by atoms with Gasteiger partial charge in [-0.1, -0.05) is 6.92 Å². The SMILES string of the molecule is CCC(C)NCC(=O)N1CCC(OCC(=O)O)CC1. The average molecular weight is 272 g/mol. The average Bonchev–Trinajstić information content (AvgIpc) is 2.42. The zero-order valence-corrected chi connectivity index (χ0v) is 11.7. The normalized spacial score (nSPS) is 18.3. The Bertz CT molecular complexity index is 301. The lowest BCUT2D eigenvalue weighted by atomic mass is 10.1. The van der Waals surface area contributed by atoms with Crippen molar-refractivity contribution in [3.63, 3.8) is 0 Å². The number of piperidine rings is 1. The first-order chi connectivity index (χ1) is 9.02. The summed E-state index contributed by atoms with van der Waals surface area (Å²) in [5.41, 5.74) is 0. The van der Waals surface area contributed by atoms with Gasteiger partial charge >= 0.3 is 5.97 Å². The number of carboxylic acids is 1. The van der Waals surface area contributed by atoms with Crippen LogP contribution in [0.1, 0.15) is 33.1 Å². The second kappa shape index (κ2) is 8.12. The van der Waals surface area contributed by atoms with E-state index in [1.807, 2.05) is 4.90 Å². The van der Waals surface area contributed by atoms with E-state index >= 15 is 0 Å². The summed E-state index contributed by atoms with van der Waals surface area (Å²) < 4.78 is 5.23. The summed E-state index contributed by atoms with van der Waals surface area (Å²) in [6.45, 7) is 5.53. The first-order valence-electron chi connectivity index (χ1n) is 6.87. The van der Waals surface area contributed by atoms with Crippen molar-refractivity contribution in [1.29, 1.82) is 0 Å². The topological polar surface area (TPSA) is 78.9 Å². The van der Waals surface area contributed by atoms with Gasteiger partial charge in [0.15, 0.2) is 0 Å². The van der Waals surface area contributed by atoms with Crippen molar-refractivity contribution in [3.05, 3.63) is 0 Å². The molecule has 2 N–H and O–H groups in total. The summed E-state index contributed by atoms with van der Waals surface area (Å²) in [4.78, 5) is 24.1. The minimum Gasteiger partial charge on any atom is -0.480 e. The zero-order chi connectivity index (χ0) is 14.3. The van der Waals surface area contributed by atoms with Crippen molar-refractivity contribution in [2.75, 3.05) is 26.2 Å². The van der Waals surface area contributed by atoms with Crippen LogP contribution in [0.3, 0.4) is 0 Å². The second-order valence-electron chi connectivity index (χ2n) is 4.98. The van der Waals surface area contributed by atoms with Gasteiger partial charge in [0.05, 0.1) is 12.6 Å². The first kappa shape index (κ1) is 15.9. The number of nitrogens with zero attached hydrogens (tertiary/aromatic N) is 1. The number of nitrogens with one attached hydrogen (secondary N) is 1. The molecule has 1 fully saturated rings. The van der Waals surface area contributed by atoms with Gasteiger partial charge in [0.2, 0.25) is 5.91 Å². The van der Waals surface area contributed by atoms with Gasteiger partial charge < -0.3 is 20.1 Å². The molecule has 0 aliphatic carbocycles. The predicted molar refractivity (Wildman–Crippen MR) is 70.9 cm³/mol. The van der Waals surface area contributed by atoms with E-state index in [1.54, 1.807) is 0 Å². The molecule has 1 unspecified atom stereocenters. The first-order valence-corrected chi connectivity index (χ1v) is 6.87. The third-order valence-electron chi connectivity index (χ3n) is 3.45. The van der Waals surface area contributed by atoms with Gasteiger partial charge in [0.25, 0.3) is 0 Å². The summed E-state index contributed by atoms with van der Waals surface area (Å²) in [7, 11) is 0. The zero-order valence-electron chi connectivity index (χ0n) is 11.7. The number of carboxylic acid groups (broad SMARTS) is 1. The van der Waals surface area contributed by atoms with Crippen LogP contribution in [0.25, 0.3) is 0 Å². The van der Waals surface area contributed by atoms with Gasteiger partial charge in [-0.05, 0) is 26.2 Å². The molecule has 1 heterocycles. The Kier molecular flexibility index (Phi) is 6.80. The Labute approximate surface area is 114 Å². The van der Waals surface area contributed by atoms with E-state index in [0.717, 1.165) is 6.42 Å². The number of ether oxygens (including phenoxy) is 1. The van der Waals surface area contributed by atoms with E-state index in [2.05, 4.69) is 19.2 Å². The standard InChI is InChI=1S/C13H24N2O4/c1-3-10(2)14-8-12(16)15-6-4-11(5-7-15)19-9-13(17)18/h10-11,14H,3-9H2,1-2H3,(H,17,18). The molecule has 110 valence electrons. The number of rotatable bonds is 7. The Morgan fingerprint density at radius 3 is 2.58 bits per heavy atom.